The van der Waals surface area contributed by atoms with Crippen molar-refractivity contribution in [2.45, 2.75) is 13.5 Å². The fourth-order valence-corrected chi connectivity index (χ4v) is 3.23. The molecule has 0 unspecified atom stereocenters. The fourth-order valence-electron chi connectivity index (χ4n) is 2.53. The summed E-state index contributed by atoms with van der Waals surface area (Å²) < 4.78 is 18.2. The normalized spacial score (nSPS) is 10.5. The Labute approximate surface area is 161 Å². The zero-order valence-corrected chi connectivity index (χ0v) is 15.9. The van der Waals surface area contributed by atoms with Gasteiger partial charge in [-0.25, -0.2) is 9.37 Å². The van der Waals surface area contributed by atoms with Crippen molar-refractivity contribution < 1.29 is 13.9 Å². The van der Waals surface area contributed by atoms with Gasteiger partial charge in [0.05, 0.1) is 7.11 Å². The molecular formula is C20H20FN3O2S. The number of amides is 1. The SMILES string of the molecule is CCN(Cc1ccc(F)cc1)C(=O)c1csc(Nc2ccc(OC)cc2)n1. The lowest BCUT2D eigenvalue weighted by atomic mass is 10.2. The van der Waals surface area contributed by atoms with E-state index in [1.54, 1.807) is 29.5 Å². The van der Waals surface area contributed by atoms with Gasteiger partial charge in [-0.2, -0.15) is 0 Å². The van der Waals surface area contributed by atoms with Crippen molar-refractivity contribution in [1.82, 2.24) is 9.88 Å². The Morgan fingerprint density at radius 3 is 2.52 bits per heavy atom. The zero-order valence-electron chi connectivity index (χ0n) is 15.1. The maximum Gasteiger partial charge on any atom is 0.273 e. The first kappa shape index (κ1) is 18.8. The van der Waals surface area contributed by atoms with E-state index in [1.807, 2.05) is 31.2 Å². The van der Waals surface area contributed by atoms with Crippen LogP contribution < -0.4 is 10.1 Å². The second-order valence-electron chi connectivity index (χ2n) is 5.84. The van der Waals surface area contributed by atoms with Gasteiger partial charge >= 0.3 is 0 Å². The van der Waals surface area contributed by atoms with E-state index in [0.717, 1.165) is 17.0 Å². The van der Waals surface area contributed by atoms with Gasteiger partial charge in [-0.1, -0.05) is 12.1 Å². The van der Waals surface area contributed by atoms with Gasteiger partial charge in [-0.15, -0.1) is 11.3 Å². The third kappa shape index (κ3) is 4.83. The summed E-state index contributed by atoms with van der Waals surface area (Å²) in [5, 5.41) is 5.56. The van der Waals surface area contributed by atoms with Crippen LogP contribution in [-0.2, 0) is 6.54 Å². The molecule has 0 fully saturated rings. The van der Waals surface area contributed by atoms with Crippen LogP contribution in [0.3, 0.4) is 0 Å². The van der Waals surface area contributed by atoms with Crippen LogP contribution in [0.1, 0.15) is 23.0 Å². The largest absolute Gasteiger partial charge is 0.497 e. The lowest BCUT2D eigenvalue weighted by Crippen LogP contribution is -2.30. The van der Waals surface area contributed by atoms with Crippen LogP contribution in [0.15, 0.2) is 53.9 Å². The molecule has 0 saturated heterocycles. The number of thiazole rings is 1. The first-order valence-corrected chi connectivity index (χ1v) is 9.37. The molecule has 0 atom stereocenters. The molecule has 1 heterocycles. The summed E-state index contributed by atoms with van der Waals surface area (Å²) in [6.45, 7) is 2.85. The molecule has 0 aliphatic heterocycles. The van der Waals surface area contributed by atoms with E-state index in [9.17, 15) is 9.18 Å². The van der Waals surface area contributed by atoms with Crippen molar-refractivity contribution in [3.63, 3.8) is 0 Å². The molecule has 0 radical (unpaired) electrons. The number of aromatic nitrogens is 1. The van der Waals surface area contributed by atoms with E-state index < -0.39 is 0 Å². The minimum atomic E-state index is -0.290. The number of hydrogen-bond donors (Lipinski definition) is 1. The summed E-state index contributed by atoms with van der Waals surface area (Å²) in [6.07, 6.45) is 0. The Balaban J connectivity index is 1.67. The third-order valence-electron chi connectivity index (χ3n) is 4.02. The Hall–Kier alpha value is -2.93. The van der Waals surface area contributed by atoms with E-state index in [1.165, 1.54) is 23.5 Å². The average molecular weight is 385 g/mol. The monoisotopic (exact) mass is 385 g/mol. The summed E-state index contributed by atoms with van der Waals surface area (Å²) >= 11 is 1.37. The predicted octanol–water partition coefficient (Wildman–Crippen LogP) is 4.70. The maximum absolute atomic E-state index is 13.1. The van der Waals surface area contributed by atoms with Crippen LogP contribution in [0.4, 0.5) is 15.2 Å². The van der Waals surface area contributed by atoms with Crippen LogP contribution >= 0.6 is 11.3 Å². The third-order valence-corrected chi connectivity index (χ3v) is 4.78. The quantitative estimate of drug-likeness (QED) is 0.641. The maximum atomic E-state index is 13.1. The van der Waals surface area contributed by atoms with Gasteiger partial charge in [0.2, 0.25) is 0 Å². The van der Waals surface area contributed by atoms with Crippen LogP contribution in [0, 0.1) is 5.82 Å². The number of nitrogens with zero attached hydrogens (tertiary/aromatic N) is 2. The molecule has 5 nitrogen and oxygen atoms in total. The topological polar surface area (TPSA) is 54.5 Å². The van der Waals surface area contributed by atoms with Crippen molar-refractivity contribution in [1.29, 1.82) is 0 Å². The van der Waals surface area contributed by atoms with Crippen molar-refractivity contribution in [2.24, 2.45) is 0 Å². The average Bonchev–Trinajstić information content (AvgIpc) is 3.16. The van der Waals surface area contributed by atoms with E-state index in [0.29, 0.717) is 23.9 Å². The van der Waals surface area contributed by atoms with Crippen LogP contribution in [0.5, 0.6) is 5.75 Å². The van der Waals surface area contributed by atoms with E-state index in [2.05, 4.69) is 10.3 Å². The molecule has 0 aliphatic carbocycles. The summed E-state index contributed by atoms with van der Waals surface area (Å²) in [5.74, 6) is 0.331. The van der Waals surface area contributed by atoms with Crippen molar-refractivity contribution in [3.05, 3.63) is 71.0 Å². The minimum Gasteiger partial charge on any atom is -0.497 e. The number of carbonyl (C=O) groups is 1. The highest BCUT2D eigenvalue weighted by Crippen LogP contribution is 2.23. The minimum absolute atomic E-state index is 0.152. The molecule has 0 bridgehead atoms. The Morgan fingerprint density at radius 2 is 1.89 bits per heavy atom. The lowest BCUT2D eigenvalue weighted by molar-refractivity contribution is 0.0747. The van der Waals surface area contributed by atoms with Crippen LogP contribution in [-0.4, -0.2) is 29.4 Å². The standard InChI is InChI=1S/C20H20FN3O2S/c1-3-24(12-14-4-6-15(21)7-5-14)19(25)18-13-27-20(23-18)22-16-8-10-17(26-2)11-9-16/h4-11,13H,3,12H2,1-2H3,(H,22,23). The molecule has 0 spiro atoms. The molecule has 1 aromatic heterocycles. The molecule has 1 N–H and O–H groups in total. The number of hydrogen-bond acceptors (Lipinski definition) is 5. The number of nitrogens with one attached hydrogen (secondary N) is 1. The number of halogens is 1. The summed E-state index contributed by atoms with van der Waals surface area (Å²) in [6, 6.07) is 13.6. The molecule has 3 aromatic rings. The second-order valence-corrected chi connectivity index (χ2v) is 6.70. The highest BCUT2D eigenvalue weighted by molar-refractivity contribution is 7.14. The van der Waals surface area contributed by atoms with Crippen LogP contribution in [0.25, 0.3) is 0 Å². The van der Waals surface area contributed by atoms with Crippen LogP contribution in [0.2, 0.25) is 0 Å². The van der Waals surface area contributed by atoms with Gasteiger partial charge in [0.1, 0.15) is 17.3 Å². The van der Waals surface area contributed by atoms with Gasteiger partial charge < -0.3 is 15.0 Å². The number of rotatable bonds is 7. The molecule has 2 aromatic carbocycles. The summed E-state index contributed by atoms with van der Waals surface area (Å²) in [5.41, 5.74) is 2.13. The van der Waals surface area contributed by atoms with Gasteiger partial charge in [-0.3, -0.25) is 4.79 Å². The first-order chi connectivity index (χ1) is 13.1. The molecule has 0 aliphatic rings. The van der Waals surface area contributed by atoms with Gasteiger partial charge in [-0.05, 0) is 48.9 Å². The fraction of sp³-hybridized carbons (Fsp3) is 0.200. The van der Waals surface area contributed by atoms with Crippen molar-refractivity contribution >= 4 is 28.1 Å². The summed E-state index contributed by atoms with van der Waals surface area (Å²) in [7, 11) is 1.62. The molecule has 140 valence electrons. The van der Waals surface area contributed by atoms with Gasteiger partial charge in [0.15, 0.2) is 5.13 Å². The molecule has 1 amide bonds. The molecular weight excluding hydrogens is 365 g/mol. The number of benzene rings is 2. The lowest BCUT2D eigenvalue weighted by Gasteiger charge is -2.19. The van der Waals surface area contributed by atoms with E-state index in [-0.39, 0.29) is 11.7 Å². The molecule has 0 saturated carbocycles. The zero-order chi connectivity index (χ0) is 19.2. The van der Waals surface area contributed by atoms with Gasteiger partial charge in [0.25, 0.3) is 5.91 Å². The van der Waals surface area contributed by atoms with Crippen molar-refractivity contribution in [2.75, 3.05) is 19.0 Å². The number of carbonyl (C=O) groups excluding carboxylic acids is 1. The number of methoxy groups -OCH3 is 1. The Bertz CT molecular complexity index is 894. The highest BCUT2D eigenvalue weighted by Gasteiger charge is 2.18. The smallest absolute Gasteiger partial charge is 0.273 e. The highest BCUT2D eigenvalue weighted by atomic mass is 32.1. The predicted molar refractivity (Wildman–Crippen MR) is 105 cm³/mol. The Morgan fingerprint density at radius 1 is 1.19 bits per heavy atom. The Kier molecular flexibility index (Phi) is 6.03. The van der Waals surface area contributed by atoms with E-state index in [4.69, 9.17) is 4.74 Å². The van der Waals surface area contributed by atoms with Crippen molar-refractivity contribution in [3.8, 4) is 5.75 Å². The second kappa shape index (κ2) is 8.64. The molecule has 27 heavy (non-hydrogen) atoms. The number of anilines is 2. The first-order valence-electron chi connectivity index (χ1n) is 8.49. The van der Waals surface area contributed by atoms with E-state index >= 15 is 0 Å². The molecule has 3 rings (SSSR count). The van der Waals surface area contributed by atoms with Gasteiger partial charge in [0, 0.05) is 24.2 Å². The molecule has 7 heteroatoms. The number of ether oxygens (including phenoxy) is 1. The summed E-state index contributed by atoms with van der Waals surface area (Å²) in [4.78, 5) is 18.8.